The van der Waals surface area contributed by atoms with E-state index in [2.05, 4.69) is 45.2 Å². The molecule has 0 fully saturated rings. The molecular formula is C15H21BrN4O. The van der Waals surface area contributed by atoms with E-state index >= 15 is 0 Å². The van der Waals surface area contributed by atoms with Crippen molar-refractivity contribution in [2.75, 3.05) is 6.54 Å². The van der Waals surface area contributed by atoms with E-state index in [1.165, 1.54) is 0 Å². The summed E-state index contributed by atoms with van der Waals surface area (Å²) in [5, 5.41) is 7.69. The minimum Gasteiger partial charge on any atom is -0.421 e. The molecule has 6 heteroatoms. The highest BCUT2D eigenvalue weighted by Crippen LogP contribution is 2.25. The second-order valence-electron chi connectivity index (χ2n) is 5.49. The fourth-order valence-electron chi connectivity index (χ4n) is 1.96. The first-order valence-electron chi connectivity index (χ1n) is 6.99. The van der Waals surface area contributed by atoms with Gasteiger partial charge < -0.3 is 10.1 Å². The Hall–Kier alpha value is -1.40. The summed E-state index contributed by atoms with van der Waals surface area (Å²) in [5.74, 6) is 1.90. The van der Waals surface area contributed by atoms with Gasteiger partial charge in [-0.25, -0.2) is 9.67 Å². The first kappa shape index (κ1) is 16.0. The molecule has 0 aromatic carbocycles. The van der Waals surface area contributed by atoms with Crippen LogP contribution in [-0.2, 0) is 13.6 Å². The van der Waals surface area contributed by atoms with Gasteiger partial charge in [0.15, 0.2) is 0 Å². The van der Waals surface area contributed by atoms with Crippen LogP contribution >= 0.6 is 15.9 Å². The van der Waals surface area contributed by atoms with Crippen LogP contribution in [0, 0.1) is 12.8 Å². The lowest BCUT2D eigenvalue weighted by atomic mass is 10.2. The number of ether oxygens (including phenoxy) is 1. The van der Waals surface area contributed by atoms with Crippen molar-refractivity contribution >= 4 is 15.9 Å². The van der Waals surface area contributed by atoms with Gasteiger partial charge in [-0.15, -0.1) is 0 Å². The summed E-state index contributed by atoms with van der Waals surface area (Å²) < 4.78 is 8.56. The van der Waals surface area contributed by atoms with Gasteiger partial charge in [-0.1, -0.05) is 13.8 Å². The smallest absolute Gasteiger partial charge is 0.225 e. The summed E-state index contributed by atoms with van der Waals surface area (Å²) in [6, 6.07) is 3.92. The van der Waals surface area contributed by atoms with Crippen LogP contribution in [0.2, 0.25) is 0 Å². The highest BCUT2D eigenvalue weighted by molar-refractivity contribution is 9.10. The number of nitrogens with zero attached hydrogens (tertiary/aromatic N) is 3. The molecular weight excluding hydrogens is 332 g/mol. The summed E-state index contributed by atoms with van der Waals surface area (Å²) >= 11 is 3.46. The zero-order chi connectivity index (χ0) is 15.4. The third kappa shape index (κ3) is 4.54. The number of halogens is 1. The molecule has 114 valence electrons. The Labute approximate surface area is 133 Å². The molecule has 0 saturated carbocycles. The Kier molecular flexibility index (Phi) is 5.36. The molecule has 0 aliphatic rings. The van der Waals surface area contributed by atoms with Crippen LogP contribution in [0.4, 0.5) is 0 Å². The van der Waals surface area contributed by atoms with E-state index in [9.17, 15) is 0 Å². The zero-order valence-electron chi connectivity index (χ0n) is 12.9. The van der Waals surface area contributed by atoms with Gasteiger partial charge >= 0.3 is 0 Å². The standard InChI is InChI=1S/C15H21BrN4O/c1-10(2)7-17-8-12-6-13(16)9-18-15(12)21-14-5-11(3)19-20(14)4/h5-6,9-10,17H,7-8H2,1-4H3. The van der Waals surface area contributed by atoms with E-state index < -0.39 is 0 Å². The Morgan fingerprint density at radius 1 is 1.38 bits per heavy atom. The minimum absolute atomic E-state index is 0.606. The monoisotopic (exact) mass is 352 g/mol. The summed E-state index contributed by atoms with van der Waals surface area (Å²) in [7, 11) is 1.86. The lowest BCUT2D eigenvalue weighted by molar-refractivity contribution is 0.407. The van der Waals surface area contributed by atoms with Crippen molar-refractivity contribution in [2.45, 2.75) is 27.3 Å². The van der Waals surface area contributed by atoms with E-state index in [1.54, 1.807) is 10.9 Å². The first-order chi connectivity index (χ1) is 9.95. The third-order valence-corrected chi connectivity index (χ3v) is 3.35. The van der Waals surface area contributed by atoms with Gasteiger partial charge in [0.1, 0.15) is 0 Å². The minimum atomic E-state index is 0.606. The van der Waals surface area contributed by atoms with Crippen molar-refractivity contribution in [3.63, 3.8) is 0 Å². The maximum Gasteiger partial charge on any atom is 0.225 e. The van der Waals surface area contributed by atoms with Gasteiger partial charge in [-0.05, 0) is 41.4 Å². The number of rotatable bonds is 6. The molecule has 0 amide bonds. The van der Waals surface area contributed by atoms with Gasteiger partial charge in [0.25, 0.3) is 0 Å². The molecule has 21 heavy (non-hydrogen) atoms. The van der Waals surface area contributed by atoms with E-state index in [1.807, 2.05) is 26.1 Å². The average Bonchev–Trinajstić information content (AvgIpc) is 2.70. The molecule has 2 heterocycles. The Bertz CT molecular complexity index is 610. The van der Waals surface area contributed by atoms with Crippen molar-refractivity contribution in [1.29, 1.82) is 0 Å². The van der Waals surface area contributed by atoms with Crippen molar-refractivity contribution in [3.05, 3.63) is 34.1 Å². The lowest BCUT2D eigenvalue weighted by Gasteiger charge is -2.12. The quantitative estimate of drug-likeness (QED) is 0.865. The topological polar surface area (TPSA) is 52.0 Å². The number of aromatic nitrogens is 3. The number of pyridine rings is 1. The fourth-order valence-corrected chi connectivity index (χ4v) is 2.34. The van der Waals surface area contributed by atoms with E-state index in [-0.39, 0.29) is 0 Å². The first-order valence-corrected chi connectivity index (χ1v) is 7.78. The molecule has 0 bridgehead atoms. The number of hydrogen-bond acceptors (Lipinski definition) is 4. The van der Waals surface area contributed by atoms with Crippen LogP contribution in [-0.4, -0.2) is 21.3 Å². The van der Waals surface area contributed by atoms with Gasteiger partial charge in [0, 0.05) is 35.9 Å². The number of hydrogen-bond donors (Lipinski definition) is 1. The van der Waals surface area contributed by atoms with Crippen LogP contribution in [0.1, 0.15) is 25.1 Å². The molecule has 0 saturated heterocycles. The van der Waals surface area contributed by atoms with Gasteiger partial charge in [-0.3, -0.25) is 0 Å². The van der Waals surface area contributed by atoms with Gasteiger partial charge in [0.2, 0.25) is 11.8 Å². The largest absolute Gasteiger partial charge is 0.421 e. The van der Waals surface area contributed by atoms with E-state index in [4.69, 9.17) is 4.74 Å². The number of nitrogens with one attached hydrogen (secondary N) is 1. The van der Waals surface area contributed by atoms with Crippen molar-refractivity contribution in [2.24, 2.45) is 13.0 Å². The second-order valence-corrected chi connectivity index (χ2v) is 6.41. The predicted molar refractivity (Wildman–Crippen MR) is 86.5 cm³/mol. The molecule has 2 aromatic rings. The summed E-state index contributed by atoms with van der Waals surface area (Å²) in [6.07, 6.45) is 1.74. The normalized spacial score (nSPS) is 11.1. The van der Waals surface area contributed by atoms with Crippen LogP contribution in [0.15, 0.2) is 22.8 Å². The molecule has 0 aliphatic carbocycles. The van der Waals surface area contributed by atoms with Crippen molar-refractivity contribution in [1.82, 2.24) is 20.1 Å². The zero-order valence-corrected chi connectivity index (χ0v) is 14.4. The maximum absolute atomic E-state index is 5.90. The Morgan fingerprint density at radius 2 is 2.14 bits per heavy atom. The average molecular weight is 353 g/mol. The number of aryl methyl sites for hydroxylation is 2. The molecule has 0 spiro atoms. The summed E-state index contributed by atoms with van der Waals surface area (Å²) in [4.78, 5) is 4.37. The van der Waals surface area contributed by atoms with Crippen molar-refractivity contribution in [3.8, 4) is 11.8 Å². The molecule has 2 rings (SSSR count). The molecule has 1 N–H and O–H groups in total. The maximum atomic E-state index is 5.90. The molecule has 0 radical (unpaired) electrons. The lowest BCUT2D eigenvalue weighted by Crippen LogP contribution is -2.19. The molecule has 0 aliphatic heterocycles. The Morgan fingerprint density at radius 3 is 2.76 bits per heavy atom. The van der Waals surface area contributed by atoms with E-state index in [0.717, 1.165) is 28.8 Å². The van der Waals surface area contributed by atoms with Crippen LogP contribution in [0.3, 0.4) is 0 Å². The Balaban J connectivity index is 2.16. The molecule has 5 nitrogen and oxygen atoms in total. The summed E-state index contributed by atoms with van der Waals surface area (Å²) in [6.45, 7) is 7.98. The fraction of sp³-hybridized carbons (Fsp3) is 0.467. The van der Waals surface area contributed by atoms with Gasteiger partial charge in [-0.2, -0.15) is 5.10 Å². The molecule has 2 aromatic heterocycles. The van der Waals surface area contributed by atoms with Crippen LogP contribution < -0.4 is 10.1 Å². The SMILES string of the molecule is Cc1cc(Oc2ncc(Br)cc2CNCC(C)C)n(C)n1. The van der Waals surface area contributed by atoms with Crippen molar-refractivity contribution < 1.29 is 4.74 Å². The van der Waals surface area contributed by atoms with Crippen LogP contribution in [0.5, 0.6) is 11.8 Å². The van der Waals surface area contributed by atoms with Crippen LogP contribution in [0.25, 0.3) is 0 Å². The van der Waals surface area contributed by atoms with Gasteiger partial charge in [0.05, 0.1) is 5.69 Å². The second kappa shape index (κ2) is 7.04. The highest BCUT2D eigenvalue weighted by Gasteiger charge is 2.11. The third-order valence-electron chi connectivity index (χ3n) is 2.92. The highest BCUT2D eigenvalue weighted by atomic mass is 79.9. The molecule has 0 unspecified atom stereocenters. The summed E-state index contributed by atoms with van der Waals surface area (Å²) in [5.41, 5.74) is 1.94. The predicted octanol–water partition coefficient (Wildman–Crippen LogP) is 3.42. The van der Waals surface area contributed by atoms with E-state index in [0.29, 0.717) is 17.7 Å². The molecule has 0 atom stereocenters.